The van der Waals surface area contributed by atoms with Gasteiger partial charge in [-0.15, -0.1) is 0 Å². The van der Waals surface area contributed by atoms with Crippen molar-refractivity contribution in [2.24, 2.45) is 0 Å². The van der Waals surface area contributed by atoms with Gasteiger partial charge in [-0.25, -0.2) is 9.97 Å². The minimum Gasteiger partial charge on any atom is -0.466 e. The van der Waals surface area contributed by atoms with Gasteiger partial charge < -0.3 is 30.7 Å². The lowest BCUT2D eigenvalue weighted by molar-refractivity contribution is -0.141. The van der Waals surface area contributed by atoms with Crippen molar-refractivity contribution in [2.75, 3.05) is 24.7 Å². The summed E-state index contributed by atoms with van der Waals surface area (Å²) in [6, 6.07) is 7.35. The number of carbonyl (C=O) groups excluding carboxylic acids is 4. The Morgan fingerprint density at radius 3 is 1.28 bits per heavy atom. The second kappa shape index (κ2) is 18.2. The predicted octanol–water partition coefficient (Wildman–Crippen LogP) is 5.41. The fourth-order valence-electron chi connectivity index (χ4n) is 4.29. The summed E-state index contributed by atoms with van der Waals surface area (Å²) in [4.78, 5) is 62.3. The standard InChI is InChI=1S/C32H44N6O6S2/c1-19-9-11-27(31(33)35-19)17-37(23(5)39)21(3)29(13-15-43-25(7)41)45-46-30(14-16-44-26(8)42)22(4)38(24(6)40)18-28-12-10-20(2)36-32(28)34/h9-12H,13-18H2,1-8H3,(H2,33,35)(H2,34,36)/b29-21-,30-22-. The zero-order valence-electron chi connectivity index (χ0n) is 27.8. The van der Waals surface area contributed by atoms with E-state index < -0.39 is 11.9 Å². The molecule has 14 heteroatoms. The van der Waals surface area contributed by atoms with E-state index in [2.05, 4.69) is 9.97 Å². The average molecular weight is 673 g/mol. The van der Waals surface area contributed by atoms with Gasteiger partial charge in [0.05, 0.1) is 26.3 Å². The molecule has 250 valence electrons. The van der Waals surface area contributed by atoms with Gasteiger partial charge in [0.15, 0.2) is 0 Å². The van der Waals surface area contributed by atoms with E-state index in [0.29, 0.717) is 47.0 Å². The summed E-state index contributed by atoms with van der Waals surface area (Å²) in [7, 11) is 2.74. The maximum Gasteiger partial charge on any atom is 0.302 e. The summed E-state index contributed by atoms with van der Waals surface area (Å²) in [5.74, 6) is -0.582. The number of hydrogen-bond acceptors (Lipinski definition) is 12. The summed E-state index contributed by atoms with van der Waals surface area (Å²) in [6.07, 6.45) is 0.652. The van der Waals surface area contributed by atoms with Crippen molar-refractivity contribution < 1.29 is 28.7 Å². The smallest absolute Gasteiger partial charge is 0.302 e. The maximum absolute atomic E-state index is 12.9. The fourth-order valence-corrected chi connectivity index (χ4v) is 7.12. The van der Waals surface area contributed by atoms with Crippen molar-refractivity contribution in [3.8, 4) is 0 Å². The van der Waals surface area contributed by atoms with Crippen molar-refractivity contribution in [1.82, 2.24) is 19.8 Å². The highest BCUT2D eigenvalue weighted by Gasteiger charge is 2.22. The van der Waals surface area contributed by atoms with Gasteiger partial charge in [-0.1, -0.05) is 33.7 Å². The molecule has 0 fully saturated rings. The summed E-state index contributed by atoms with van der Waals surface area (Å²) in [5.41, 5.74) is 16.5. The predicted molar refractivity (Wildman–Crippen MR) is 182 cm³/mol. The zero-order valence-corrected chi connectivity index (χ0v) is 29.4. The van der Waals surface area contributed by atoms with Gasteiger partial charge in [-0.3, -0.25) is 19.2 Å². The fraction of sp³-hybridized carbons (Fsp3) is 0.438. The number of allylic oxidation sites excluding steroid dienone is 2. The van der Waals surface area contributed by atoms with Crippen molar-refractivity contribution in [1.29, 1.82) is 0 Å². The van der Waals surface area contributed by atoms with E-state index in [9.17, 15) is 19.2 Å². The van der Waals surface area contributed by atoms with Crippen LogP contribution < -0.4 is 11.5 Å². The molecule has 4 N–H and O–H groups in total. The molecule has 46 heavy (non-hydrogen) atoms. The van der Waals surface area contributed by atoms with Gasteiger partial charge in [0, 0.05) is 84.3 Å². The first-order chi connectivity index (χ1) is 21.6. The highest BCUT2D eigenvalue weighted by atomic mass is 33.1. The van der Waals surface area contributed by atoms with Gasteiger partial charge in [-0.05, 0) is 39.8 Å². The number of aromatic nitrogens is 2. The van der Waals surface area contributed by atoms with Crippen LogP contribution in [0.25, 0.3) is 0 Å². The molecule has 2 aromatic rings. The molecule has 0 aromatic carbocycles. The normalized spacial score (nSPS) is 12.1. The van der Waals surface area contributed by atoms with Crippen molar-refractivity contribution in [2.45, 2.75) is 81.3 Å². The topological polar surface area (TPSA) is 171 Å². The lowest BCUT2D eigenvalue weighted by Gasteiger charge is -2.27. The van der Waals surface area contributed by atoms with E-state index in [0.717, 1.165) is 21.2 Å². The quantitative estimate of drug-likeness (QED) is 0.182. The van der Waals surface area contributed by atoms with Gasteiger partial charge in [0.1, 0.15) is 11.6 Å². The summed E-state index contributed by atoms with van der Waals surface area (Å²) >= 11 is 0. The van der Waals surface area contributed by atoms with Crippen LogP contribution in [0, 0.1) is 13.8 Å². The molecule has 2 heterocycles. The van der Waals surface area contributed by atoms with E-state index in [4.69, 9.17) is 20.9 Å². The second-order valence-corrected chi connectivity index (χ2v) is 12.9. The number of nitrogens with zero attached hydrogens (tertiary/aromatic N) is 4. The Balaban J connectivity index is 2.52. The Labute approximate surface area is 278 Å². The Morgan fingerprint density at radius 2 is 1.00 bits per heavy atom. The SMILES string of the molecule is CC(=O)OCC/C(SS/C(CCOC(C)=O)=C(/C)N(Cc1ccc(C)nc1N)C(C)=O)=C(\C)N(Cc1ccc(C)nc1N)C(C)=O. The van der Waals surface area contributed by atoms with Crippen molar-refractivity contribution in [3.63, 3.8) is 0 Å². The molecule has 0 atom stereocenters. The molecule has 0 saturated heterocycles. The molecule has 2 aromatic heterocycles. The molecular weight excluding hydrogens is 629 g/mol. The van der Waals surface area contributed by atoms with Gasteiger partial charge in [0.2, 0.25) is 11.8 Å². The number of nitrogens with two attached hydrogens (primary N) is 2. The number of anilines is 2. The Bertz CT molecular complexity index is 1400. The first kappa shape index (κ1) is 38.1. The molecule has 0 radical (unpaired) electrons. The number of hydrogen-bond donors (Lipinski definition) is 2. The van der Waals surface area contributed by atoms with Crippen LogP contribution in [0.1, 0.15) is 76.9 Å². The zero-order chi connectivity index (χ0) is 34.6. The Hall–Kier alpha value is -4.04. The molecule has 2 amide bonds. The monoisotopic (exact) mass is 672 g/mol. The first-order valence-corrected chi connectivity index (χ1v) is 16.8. The van der Waals surface area contributed by atoms with Crippen LogP contribution in [0.5, 0.6) is 0 Å². The largest absolute Gasteiger partial charge is 0.466 e. The van der Waals surface area contributed by atoms with Crippen LogP contribution in [0.4, 0.5) is 11.6 Å². The molecule has 0 spiro atoms. The molecule has 0 aliphatic rings. The van der Waals surface area contributed by atoms with Crippen LogP contribution in [0.15, 0.2) is 45.5 Å². The Kier molecular flexibility index (Phi) is 15.1. The van der Waals surface area contributed by atoms with Crippen LogP contribution in [0.3, 0.4) is 0 Å². The van der Waals surface area contributed by atoms with E-state index >= 15 is 0 Å². The van der Waals surface area contributed by atoms with E-state index in [-0.39, 0.29) is 38.1 Å². The number of rotatable bonds is 15. The van der Waals surface area contributed by atoms with Crippen LogP contribution >= 0.6 is 21.6 Å². The Morgan fingerprint density at radius 1 is 0.652 bits per heavy atom. The molecule has 0 bridgehead atoms. The third-order valence-electron chi connectivity index (χ3n) is 6.85. The highest BCUT2D eigenvalue weighted by Crippen LogP contribution is 2.43. The number of esters is 2. The summed E-state index contributed by atoms with van der Waals surface area (Å²) in [6.45, 7) is 13.5. The molecule has 0 aliphatic heterocycles. The third-order valence-corrected chi connectivity index (χ3v) is 9.79. The lowest BCUT2D eigenvalue weighted by atomic mass is 10.2. The highest BCUT2D eigenvalue weighted by molar-refractivity contribution is 8.79. The number of carbonyl (C=O) groups is 4. The van der Waals surface area contributed by atoms with Crippen molar-refractivity contribution >= 4 is 57.0 Å². The first-order valence-electron chi connectivity index (χ1n) is 14.6. The molecular formula is C32H44N6O6S2. The molecule has 0 aliphatic carbocycles. The average Bonchev–Trinajstić information content (AvgIpc) is 2.95. The molecule has 0 unspecified atom stereocenters. The third kappa shape index (κ3) is 12.0. The molecule has 0 saturated carbocycles. The van der Waals surface area contributed by atoms with Crippen LogP contribution in [-0.4, -0.2) is 56.7 Å². The number of nitrogen functional groups attached to an aromatic ring is 2. The minimum absolute atomic E-state index is 0.0975. The number of amides is 2. The van der Waals surface area contributed by atoms with E-state index in [1.165, 1.54) is 49.3 Å². The minimum atomic E-state index is -0.420. The van der Waals surface area contributed by atoms with Crippen LogP contribution in [-0.2, 0) is 41.7 Å². The van der Waals surface area contributed by atoms with Crippen LogP contribution in [0.2, 0.25) is 0 Å². The van der Waals surface area contributed by atoms with Gasteiger partial charge in [0.25, 0.3) is 0 Å². The molecule has 12 nitrogen and oxygen atoms in total. The summed E-state index contributed by atoms with van der Waals surface area (Å²) in [5, 5.41) is 0. The molecule has 2 rings (SSSR count). The van der Waals surface area contributed by atoms with Gasteiger partial charge in [-0.2, -0.15) is 0 Å². The lowest BCUT2D eigenvalue weighted by Crippen LogP contribution is -2.28. The van der Waals surface area contributed by atoms with E-state index in [1.807, 2.05) is 52.0 Å². The number of pyridine rings is 2. The number of ether oxygens (including phenoxy) is 2. The van der Waals surface area contributed by atoms with Crippen molar-refractivity contribution in [3.05, 3.63) is 68.0 Å². The second-order valence-electron chi connectivity index (χ2n) is 10.6. The van der Waals surface area contributed by atoms with E-state index in [1.54, 1.807) is 9.80 Å². The summed E-state index contributed by atoms with van der Waals surface area (Å²) < 4.78 is 10.5. The maximum atomic E-state index is 12.9. The number of aryl methyl sites for hydroxylation is 2. The van der Waals surface area contributed by atoms with Gasteiger partial charge >= 0.3 is 11.9 Å².